The minimum absolute atomic E-state index is 0.0540. The summed E-state index contributed by atoms with van der Waals surface area (Å²) < 4.78 is 58.0. The second-order valence-corrected chi connectivity index (χ2v) is 8.15. The lowest BCUT2D eigenvalue weighted by molar-refractivity contribution is 0.261. The fourth-order valence-corrected chi connectivity index (χ4v) is 3.96. The molecule has 0 saturated heterocycles. The van der Waals surface area contributed by atoms with Crippen molar-refractivity contribution in [3.63, 3.8) is 0 Å². The molecule has 0 N–H and O–H groups in total. The van der Waals surface area contributed by atoms with E-state index in [1.54, 1.807) is 6.92 Å². The first-order valence-electron chi connectivity index (χ1n) is 8.67. The predicted molar refractivity (Wildman–Crippen MR) is 107 cm³/mol. The summed E-state index contributed by atoms with van der Waals surface area (Å²) in [6.45, 7) is 1.76. The summed E-state index contributed by atoms with van der Waals surface area (Å²) in [5.41, 5.74) is -1.45. The summed E-state index contributed by atoms with van der Waals surface area (Å²) in [7, 11) is -4.54. The average Bonchev–Trinajstić information content (AvgIpc) is 2.78. The lowest BCUT2D eigenvalue weighted by Crippen LogP contribution is -2.38. The lowest BCUT2D eigenvalue weighted by atomic mass is 10.1. The molecule has 9 heteroatoms. The molecule has 0 aliphatic rings. The van der Waals surface area contributed by atoms with Gasteiger partial charge in [0.15, 0.2) is 0 Å². The number of fused-ring (bicyclic) bond motifs is 3. The number of rotatable bonds is 3. The van der Waals surface area contributed by atoms with Crippen LogP contribution >= 0.6 is 0 Å². The van der Waals surface area contributed by atoms with Crippen LogP contribution in [0, 0.1) is 18.6 Å². The highest BCUT2D eigenvalue weighted by Crippen LogP contribution is 2.22. The Bertz CT molecular complexity index is 1470. The minimum atomic E-state index is -4.54. The van der Waals surface area contributed by atoms with Gasteiger partial charge in [-0.15, -0.1) is 0 Å². The molecule has 4 rings (SSSR count). The molecule has 0 fully saturated rings. The summed E-state index contributed by atoms with van der Waals surface area (Å²) in [5.74, 6) is -1.43. The van der Waals surface area contributed by atoms with Gasteiger partial charge >= 0.3 is 10.1 Å². The van der Waals surface area contributed by atoms with Crippen LogP contribution in [-0.4, -0.2) is 13.1 Å². The Kier molecular flexibility index (Phi) is 4.62. The summed E-state index contributed by atoms with van der Waals surface area (Å²) in [6.07, 6.45) is 0. The van der Waals surface area contributed by atoms with Crippen LogP contribution in [0.2, 0.25) is 0 Å². The molecule has 0 unspecified atom stereocenters. The fourth-order valence-electron chi connectivity index (χ4n) is 3.08. The smallest absolute Gasteiger partial charge is 0.277 e. The van der Waals surface area contributed by atoms with E-state index in [1.165, 1.54) is 24.3 Å². The van der Waals surface area contributed by atoms with Crippen molar-refractivity contribution < 1.29 is 21.5 Å². The Morgan fingerprint density at radius 3 is 1.67 bits per heavy atom. The molecule has 0 spiro atoms. The molecule has 0 aliphatic carbocycles. The van der Waals surface area contributed by atoms with Crippen molar-refractivity contribution in [2.24, 2.45) is 0 Å². The van der Waals surface area contributed by atoms with Gasteiger partial charge < -0.3 is 0 Å². The number of benzene rings is 3. The van der Waals surface area contributed by atoms with Gasteiger partial charge in [0.05, 0.1) is 10.8 Å². The molecular formula is C21H13F2NO5S. The predicted octanol–water partition coefficient (Wildman–Crippen LogP) is 2.92. The van der Waals surface area contributed by atoms with Gasteiger partial charge in [-0.2, -0.15) is 8.42 Å². The quantitative estimate of drug-likeness (QED) is 0.500. The first-order chi connectivity index (χ1) is 14.2. The van der Waals surface area contributed by atoms with Crippen molar-refractivity contribution in [2.75, 3.05) is 0 Å². The number of aryl methyl sites for hydroxylation is 1. The van der Waals surface area contributed by atoms with Crippen LogP contribution in [0.15, 0.2) is 75.1 Å². The highest BCUT2D eigenvalue weighted by atomic mass is 32.2. The maximum Gasteiger partial charge on any atom is 0.357 e. The fraction of sp³-hybridized carbons (Fsp3) is 0.0476. The van der Waals surface area contributed by atoms with Crippen LogP contribution in [0.1, 0.15) is 5.56 Å². The van der Waals surface area contributed by atoms with Crippen molar-refractivity contribution in [3.8, 4) is 0 Å². The molecule has 4 aromatic rings. The minimum Gasteiger partial charge on any atom is -0.277 e. The molecule has 0 amide bonds. The molecule has 0 atom stereocenters. The standard InChI is InChI=1S/C21H13F2NO5S/c1-12-2-6-15(7-3-12)30(27,28)29-24-20(25)16-8-4-13(22)10-18(16)19-11-14(23)5-9-17(19)21(24)26/h2-11H,1H3. The molecule has 0 bridgehead atoms. The second kappa shape index (κ2) is 7.03. The second-order valence-electron chi connectivity index (χ2n) is 6.63. The van der Waals surface area contributed by atoms with Gasteiger partial charge in [-0.3, -0.25) is 13.9 Å². The van der Waals surface area contributed by atoms with Crippen LogP contribution in [0.5, 0.6) is 0 Å². The summed E-state index contributed by atoms with van der Waals surface area (Å²) in [6, 6.07) is 11.6. The van der Waals surface area contributed by atoms with E-state index in [9.17, 15) is 26.8 Å². The average molecular weight is 429 g/mol. The van der Waals surface area contributed by atoms with Gasteiger partial charge in [0.2, 0.25) is 0 Å². The van der Waals surface area contributed by atoms with E-state index in [0.29, 0.717) is 0 Å². The zero-order valence-electron chi connectivity index (χ0n) is 15.4. The zero-order valence-corrected chi connectivity index (χ0v) is 16.2. The number of hydrogen-bond donors (Lipinski definition) is 0. The van der Waals surface area contributed by atoms with Gasteiger partial charge in [0.1, 0.15) is 16.5 Å². The number of hydrogen-bond acceptors (Lipinski definition) is 5. The monoisotopic (exact) mass is 429 g/mol. The summed E-state index contributed by atoms with van der Waals surface area (Å²) >= 11 is 0. The molecule has 30 heavy (non-hydrogen) atoms. The SMILES string of the molecule is Cc1ccc(S(=O)(=O)On2c(=O)c3ccc(F)cc3c3cc(F)ccc3c2=O)cc1. The van der Waals surface area contributed by atoms with Crippen LogP contribution in [0.25, 0.3) is 21.5 Å². The third-order valence-corrected chi connectivity index (χ3v) is 5.76. The van der Waals surface area contributed by atoms with E-state index < -0.39 is 32.9 Å². The molecule has 6 nitrogen and oxygen atoms in total. The van der Waals surface area contributed by atoms with E-state index in [0.717, 1.165) is 42.0 Å². The summed E-state index contributed by atoms with van der Waals surface area (Å²) in [5, 5.41) is -0.537. The maximum absolute atomic E-state index is 13.8. The molecule has 1 heterocycles. The molecule has 0 aliphatic heterocycles. The van der Waals surface area contributed by atoms with Crippen molar-refractivity contribution >= 4 is 31.7 Å². The van der Waals surface area contributed by atoms with Gasteiger partial charge in [-0.25, -0.2) is 8.78 Å². The van der Waals surface area contributed by atoms with Crippen LogP contribution in [0.3, 0.4) is 0 Å². The first-order valence-corrected chi connectivity index (χ1v) is 10.1. The van der Waals surface area contributed by atoms with Crippen LogP contribution in [0.4, 0.5) is 8.78 Å². The third kappa shape index (κ3) is 3.33. The number of halogens is 2. The van der Waals surface area contributed by atoms with Crippen molar-refractivity contribution in [3.05, 3.63) is 98.6 Å². The van der Waals surface area contributed by atoms with Gasteiger partial charge in [-0.05, 0) is 66.2 Å². The van der Waals surface area contributed by atoms with E-state index in [-0.39, 0.29) is 31.2 Å². The van der Waals surface area contributed by atoms with Crippen LogP contribution < -0.4 is 15.4 Å². The van der Waals surface area contributed by atoms with E-state index in [1.807, 2.05) is 0 Å². The molecule has 0 radical (unpaired) electrons. The van der Waals surface area contributed by atoms with Gasteiger partial charge in [0.25, 0.3) is 11.1 Å². The lowest BCUT2D eigenvalue weighted by Gasteiger charge is -2.06. The molecule has 152 valence electrons. The van der Waals surface area contributed by atoms with Gasteiger partial charge in [0, 0.05) is 0 Å². The Morgan fingerprint density at radius 2 is 1.20 bits per heavy atom. The molecule has 0 saturated carbocycles. The molecular weight excluding hydrogens is 416 g/mol. The zero-order chi connectivity index (χ0) is 21.6. The first kappa shape index (κ1) is 19.7. The van der Waals surface area contributed by atoms with Gasteiger partial charge in [-0.1, -0.05) is 22.4 Å². The Hall–Kier alpha value is -3.59. The molecule has 1 aromatic heterocycles. The number of aromatic nitrogens is 1. The van der Waals surface area contributed by atoms with Crippen LogP contribution in [-0.2, 0) is 10.1 Å². The van der Waals surface area contributed by atoms with Crippen molar-refractivity contribution in [1.29, 1.82) is 0 Å². The Morgan fingerprint density at radius 1 is 0.733 bits per heavy atom. The van der Waals surface area contributed by atoms with E-state index in [2.05, 4.69) is 0 Å². The highest BCUT2D eigenvalue weighted by Gasteiger charge is 2.21. The van der Waals surface area contributed by atoms with Crippen molar-refractivity contribution in [2.45, 2.75) is 11.8 Å². The Balaban J connectivity index is 2.09. The molecule has 3 aromatic carbocycles. The largest absolute Gasteiger partial charge is 0.357 e. The third-order valence-electron chi connectivity index (χ3n) is 4.57. The maximum atomic E-state index is 13.8. The van der Waals surface area contributed by atoms with Crippen molar-refractivity contribution in [1.82, 2.24) is 4.73 Å². The van der Waals surface area contributed by atoms with E-state index >= 15 is 0 Å². The topological polar surface area (TPSA) is 82.4 Å². The van der Waals surface area contributed by atoms with E-state index in [4.69, 9.17) is 4.28 Å². The number of nitrogens with zero attached hydrogens (tertiary/aromatic N) is 1. The highest BCUT2D eigenvalue weighted by molar-refractivity contribution is 7.87. The summed E-state index contributed by atoms with van der Waals surface area (Å²) in [4.78, 5) is 25.7. The Labute approximate surface area is 168 Å². The normalized spacial score (nSPS) is 11.7.